The summed E-state index contributed by atoms with van der Waals surface area (Å²) in [6.07, 6.45) is 22.3. The summed E-state index contributed by atoms with van der Waals surface area (Å²) in [7, 11) is 1.96. The van der Waals surface area contributed by atoms with Crippen LogP contribution in [0, 0.1) is 0 Å². The zero-order valence-electron chi connectivity index (χ0n) is 17.1. The van der Waals surface area contributed by atoms with Crippen LogP contribution in [0.3, 0.4) is 0 Å². The monoisotopic (exact) mass is 339 g/mol. The highest BCUT2D eigenvalue weighted by atomic mass is 16.2. The molecule has 0 aliphatic carbocycles. The van der Waals surface area contributed by atoms with Gasteiger partial charge in [-0.2, -0.15) is 0 Å². The number of rotatable bonds is 18. The van der Waals surface area contributed by atoms with Gasteiger partial charge in [0.2, 0.25) is 5.91 Å². The second-order valence-corrected chi connectivity index (χ2v) is 7.52. The van der Waals surface area contributed by atoms with Crippen molar-refractivity contribution in [2.45, 2.75) is 123 Å². The van der Waals surface area contributed by atoms with Gasteiger partial charge in [-0.15, -0.1) is 0 Å². The third kappa shape index (κ3) is 16.3. The zero-order chi connectivity index (χ0) is 17.9. The first-order chi connectivity index (χ1) is 11.7. The molecule has 0 rings (SSSR count). The van der Waals surface area contributed by atoms with E-state index in [1.54, 1.807) is 0 Å². The molecule has 1 amide bonds. The number of nitrogens with zero attached hydrogens (tertiary/aromatic N) is 1. The second-order valence-electron chi connectivity index (χ2n) is 7.52. The van der Waals surface area contributed by atoms with Crippen molar-refractivity contribution in [2.24, 2.45) is 0 Å². The summed E-state index contributed by atoms with van der Waals surface area (Å²) in [5, 5.41) is 0. The van der Waals surface area contributed by atoms with E-state index in [0.717, 1.165) is 25.8 Å². The topological polar surface area (TPSA) is 20.3 Å². The SMILES string of the molecule is CCCCCCCCCCCCCCCCN(C)C(=O)CCCC. The van der Waals surface area contributed by atoms with Gasteiger partial charge in [0.15, 0.2) is 0 Å². The predicted molar refractivity (Wildman–Crippen MR) is 107 cm³/mol. The van der Waals surface area contributed by atoms with Crippen molar-refractivity contribution in [2.75, 3.05) is 13.6 Å². The minimum atomic E-state index is 0.326. The molecule has 0 aliphatic heterocycles. The van der Waals surface area contributed by atoms with E-state index >= 15 is 0 Å². The molecule has 0 bridgehead atoms. The van der Waals surface area contributed by atoms with E-state index in [1.165, 1.54) is 89.9 Å². The van der Waals surface area contributed by atoms with Crippen LogP contribution in [-0.4, -0.2) is 24.4 Å². The molecule has 0 aromatic rings. The Labute approximate surface area is 152 Å². The maximum atomic E-state index is 11.8. The summed E-state index contributed by atoms with van der Waals surface area (Å²) in [4.78, 5) is 13.7. The summed E-state index contributed by atoms with van der Waals surface area (Å²) < 4.78 is 0. The normalized spacial score (nSPS) is 11.0. The summed E-state index contributed by atoms with van der Waals surface area (Å²) in [5.74, 6) is 0.326. The molecule has 0 fully saturated rings. The summed E-state index contributed by atoms with van der Waals surface area (Å²) in [5.41, 5.74) is 0. The van der Waals surface area contributed by atoms with Crippen LogP contribution >= 0.6 is 0 Å². The highest BCUT2D eigenvalue weighted by Gasteiger charge is 2.06. The Bertz CT molecular complexity index is 265. The van der Waals surface area contributed by atoms with Crippen LogP contribution in [0.25, 0.3) is 0 Å². The van der Waals surface area contributed by atoms with Crippen molar-refractivity contribution in [1.29, 1.82) is 0 Å². The van der Waals surface area contributed by atoms with Gasteiger partial charge in [0.1, 0.15) is 0 Å². The fourth-order valence-corrected chi connectivity index (χ4v) is 3.19. The minimum Gasteiger partial charge on any atom is -0.346 e. The van der Waals surface area contributed by atoms with Gasteiger partial charge in [-0.25, -0.2) is 0 Å². The molecule has 144 valence electrons. The van der Waals surface area contributed by atoms with Crippen LogP contribution in [0.1, 0.15) is 123 Å². The maximum absolute atomic E-state index is 11.8. The number of carbonyl (C=O) groups excluding carboxylic acids is 1. The van der Waals surface area contributed by atoms with Gasteiger partial charge in [-0.3, -0.25) is 4.79 Å². The molecule has 0 saturated heterocycles. The van der Waals surface area contributed by atoms with Gasteiger partial charge in [-0.05, 0) is 12.8 Å². The van der Waals surface area contributed by atoms with Gasteiger partial charge in [0, 0.05) is 20.0 Å². The highest BCUT2D eigenvalue weighted by Crippen LogP contribution is 2.13. The molecule has 0 spiro atoms. The maximum Gasteiger partial charge on any atom is 0.222 e. The standard InChI is InChI=1S/C22H45NO/c1-4-6-8-9-10-11-12-13-14-15-16-17-18-19-21-23(3)22(24)20-7-5-2/h4-21H2,1-3H3. The van der Waals surface area contributed by atoms with Gasteiger partial charge < -0.3 is 4.90 Å². The number of amides is 1. The van der Waals surface area contributed by atoms with E-state index in [4.69, 9.17) is 0 Å². The Hall–Kier alpha value is -0.530. The van der Waals surface area contributed by atoms with E-state index in [1.807, 2.05) is 11.9 Å². The molecule has 0 saturated carbocycles. The Morgan fingerprint density at radius 3 is 1.38 bits per heavy atom. The quantitative estimate of drug-likeness (QED) is 0.243. The van der Waals surface area contributed by atoms with E-state index in [9.17, 15) is 4.79 Å². The number of hydrogen-bond donors (Lipinski definition) is 0. The lowest BCUT2D eigenvalue weighted by Gasteiger charge is -2.16. The molecule has 0 N–H and O–H groups in total. The van der Waals surface area contributed by atoms with E-state index < -0.39 is 0 Å². The Balaban J connectivity index is 3.18. The van der Waals surface area contributed by atoms with Gasteiger partial charge in [0.05, 0.1) is 0 Å². The van der Waals surface area contributed by atoms with Crippen LogP contribution in [0.4, 0.5) is 0 Å². The lowest BCUT2D eigenvalue weighted by molar-refractivity contribution is -0.130. The van der Waals surface area contributed by atoms with Crippen molar-refractivity contribution in [3.63, 3.8) is 0 Å². The smallest absolute Gasteiger partial charge is 0.222 e. The van der Waals surface area contributed by atoms with E-state index in [-0.39, 0.29) is 0 Å². The van der Waals surface area contributed by atoms with Crippen molar-refractivity contribution < 1.29 is 4.79 Å². The Kier molecular flexibility index (Phi) is 18.4. The molecule has 0 heterocycles. The third-order valence-corrected chi connectivity index (χ3v) is 5.02. The molecule has 0 radical (unpaired) electrons. The molecule has 0 aliphatic rings. The number of unbranched alkanes of at least 4 members (excludes halogenated alkanes) is 14. The molecule has 0 aromatic heterocycles. The molecular weight excluding hydrogens is 294 g/mol. The fourth-order valence-electron chi connectivity index (χ4n) is 3.19. The zero-order valence-corrected chi connectivity index (χ0v) is 17.1. The second kappa shape index (κ2) is 18.8. The summed E-state index contributed by atoms with van der Waals surface area (Å²) in [6, 6.07) is 0. The molecular formula is C22H45NO. The molecule has 2 nitrogen and oxygen atoms in total. The van der Waals surface area contributed by atoms with Crippen LogP contribution in [0.15, 0.2) is 0 Å². The fraction of sp³-hybridized carbons (Fsp3) is 0.955. The first kappa shape index (κ1) is 23.5. The van der Waals surface area contributed by atoms with E-state index in [2.05, 4.69) is 13.8 Å². The van der Waals surface area contributed by atoms with Gasteiger partial charge in [0.25, 0.3) is 0 Å². The average Bonchev–Trinajstić information content (AvgIpc) is 2.59. The van der Waals surface area contributed by atoms with Crippen molar-refractivity contribution in [1.82, 2.24) is 4.90 Å². The minimum absolute atomic E-state index is 0.326. The number of carbonyl (C=O) groups is 1. The van der Waals surface area contributed by atoms with Crippen molar-refractivity contribution >= 4 is 5.91 Å². The van der Waals surface area contributed by atoms with Crippen LogP contribution in [0.5, 0.6) is 0 Å². The third-order valence-electron chi connectivity index (χ3n) is 5.02. The first-order valence-electron chi connectivity index (χ1n) is 11.0. The van der Waals surface area contributed by atoms with Crippen LogP contribution in [-0.2, 0) is 4.79 Å². The van der Waals surface area contributed by atoms with Crippen LogP contribution in [0.2, 0.25) is 0 Å². The first-order valence-corrected chi connectivity index (χ1v) is 11.0. The van der Waals surface area contributed by atoms with Crippen molar-refractivity contribution in [3.05, 3.63) is 0 Å². The predicted octanol–water partition coefficient (Wildman–Crippen LogP) is 7.12. The van der Waals surface area contributed by atoms with Crippen molar-refractivity contribution in [3.8, 4) is 0 Å². The van der Waals surface area contributed by atoms with E-state index in [0.29, 0.717) is 5.91 Å². The molecule has 2 heteroatoms. The average molecular weight is 340 g/mol. The van der Waals surface area contributed by atoms with Crippen LogP contribution < -0.4 is 0 Å². The largest absolute Gasteiger partial charge is 0.346 e. The number of hydrogen-bond acceptors (Lipinski definition) is 1. The lowest BCUT2D eigenvalue weighted by atomic mass is 10.0. The van der Waals surface area contributed by atoms with Gasteiger partial charge >= 0.3 is 0 Å². The Morgan fingerprint density at radius 2 is 0.958 bits per heavy atom. The molecule has 0 aromatic carbocycles. The summed E-state index contributed by atoms with van der Waals surface area (Å²) >= 11 is 0. The molecule has 24 heavy (non-hydrogen) atoms. The Morgan fingerprint density at radius 1 is 0.583 bits per heavy atom. The summed E-state index contributed by atoms with van der Waals surface area (Å²) in [6.45, 7) is 5.37. The lowest BCUT2D eigenvalue weighted by Crippen LogP contribution is -2.27. The van der Waals surface area contributed by atoms with Gasteiger partial charge in [-0.1, -0.05) is 104 Å². The molecule has 0 atom stereocenters. The highest BCUT2D eigenvalue weighted by molar-refractivity contribution is 5.75. The molecule has 0 unspecified atom stereocenters.